The molecule has 13 heavy (non-hydrogen) atoms. The van der Waals surface area contributed by atoms with Crippen LogP contribution in [0.5, 0.6) is 0 Å². The Kier molecular flexibility index (Phi) is 1.82. The van der Waals surface area contributed by atoms with Crippen molar-refractivity contribution in [2.24, 2.45) is 0 Å². The van der Waals surface area contributed by atoms with Gasteiger partial charge in [-0.3, -0.25) is 4.98 Å². The van der Waals surface area contributed by atoms with E-state index < -0.39 is 0 Å². The molecule has 0 aromatic carbocycles. The van der Waals surface area contributed by atoms with Gasteiger partial charge in [-0.1, -0.05) is 6.07 Å². The Labute approximate surface area is 79.2 Å². The van der Waals surface area contributed by atoms with Crippen molar-refractivity contribution in [3.63, 3.8) is 0 Å². The molecule has 2 aromatic heterocycles. The molecule has 6 heteroatoms. The van der Waals surface area contributed by atoms with E-state index in [-0.39, 0.29) is 0 Å². The molecule has 0 atom stereocenters. The summed E-state index contributed by atoms with van der Waals surface area (Å²) >= 11 is 4.87. The van der Waals surface area contributed by atoms with Crippen LogP contribution in [0.3, 0.4) is 0 Å². The second-order valence-corrected chi connectivity index (χ2v) is 2.82. The van der Waals surface area contributed by atoms with Crippen LogP contribution < -0.4 is 5.84 Å². The average molecular weight is 193 g/mol. The van der Waals surface area contributed by atoms with Crippen LogP contribution in [0, 0.1) is 4.77 Å². The monoisotopic (exact) mass is 193 g/mol. The maximum absolute atomic E-state index is 5.61. The zero-order valence-electron chi connectivity index (χ0n) is 6.64. The summed E-state index contributed by atoms with van der Waals surface area (Å²) in [6.07, 6.45) is 1.67. The third-order valence-corrected chi connectivity index (χ3v) is 1.89. The number of pyridine rings is 1. The van der Waals surface area contributed by atoms with E-state index >= 15 is 0 Å². The van der Waals surface area contributed by atoms with Crippen molar-refractivity contribution in [3.05, 3.63) is 29.2 Å². The molecule has 2 rings (SSSR count). The molecule has 0 radical (unpaired) electrons. The Balaban J connectivity index is 2.60. The molecule has 0 spiro atoms. The van der Waals surface area contributed by atoms with Gasteiger partial charge in [0, 0.05) is 6.20 Å². The van der Waals surface area contributed by atoms with Gasteiger partial charge in [0.2, 0.25) is 4.77 Å². The molecule has 2 heterocycles. The van der Waals surface area contributed by atoms with E-state index in [1.165, 1.54) is 4.68 Å². The Hall–Kier alpha value is -1.69. The molecular formula is C7H7N5S. The minimum absolute atomic E-state index is 0.376. The summed E-state index contributed by atoms with van der Waals surface area (Å²) in [7, 11) is 0. The first-order valence-corrected chi connectivity index (χ1v) is 4.04. The van der Waals surface area contributed by atoms with Crippen LogP contribution >= 0.6 is 12.2 Å². The number of nitrogens with two attached hydrogens (primary N) is 1. The zero-order chi connectivity index (χ0) is 9.26. The summed E-state index contributed by atoms with van der Waals surface area (Å²) in [6, 6.07) is 5.50. The van der Waals surface area contributed by atoms with Crippen LogP contribution in [0.25, 0.3) is 11.5 Å². The van der Waals surface area contributed by atoms with Crippen molar-refractivity contribution in [1.29, 1.82) is 0 Å². The maximum atomic E-state index is 5.61. The van der Waals surface area contributed by atoms with Gasteiger partial charge in [-0.05, 0) is 24.4 Å². The topological polar surface area (TPSA) is 72.5 Å². The SMILES string of the molecule is Nn1c(-c2ccccn2)n[nH]c1=S. The average Bonchev–Trinajstić information content (AvgIpc) is 2.49. The number of nitrogens with one attached hydrogen (secondary N) is 1. The zero-order valence-corrected chi connectivity index (χ0v) is 7.45. The first-order chi connectivity index (χ1) is 6.29. The Bertz CT molecular complexity index is 457. The Morgan fingerprint density at radius 2 is 2.31 bits per heavy atom. The van der Waals surface area contributed by atoms with Gasteiger partial charge in [-0.15, -0.1) is 0 Å². The number of hydrogen-bond donors (Lipinski definition) is 2. The summed E-state index contributed by atoms with van der Waals surface area (Å²) in [6.45, 7) is 0. The van der Waals surface area contributed by atoms with Gasteiger partial charge in [0.1, 0.15) is 5.69 Å². The van der Waals surface area contributed by atoms with E-state index in [4.69, 9.17) is 18.1 Å². The maximum Gasteiger partial charge on any atom is 0.214 e. The number of aromatic nitrogens is 4. The van der Waals surface area contributed by atoms with Crippen molar-refractivity contribution in [2.75, 3.05) is 5.84 Å². The summed E-state index contributed by atoms with van der Waals surface area (Å²) in [5, 5.41) is 6.53. The molecule has 0 saturated carbocycles. The molecule has 0 aliphatic carbocycles. The predicted molar refractivity (Wildman–Crippen MR) is 50.8 cm³/mol. The third kappa shape index (κ3) is 1.31. The highest BCUT2D eigenvalue weighted by molar-refractivity contribution is 7.71. The fourth-order valence-corrected chi connectivity index (χ4v) is 1.11. The van der Waals surface area contributed by atoms with Crippen LogP contribution in [0.4, 0.5) is 0 Å². The van der Waals surface area contributed by atoms with Crippen LogP contribution in [0.1, 0.15) is 0 Å². The van der Waals surface area contributed by atoms with Gasteiger partial charge in [-0.25, -0.2) is 9.77 Å². The molecule has 0 amide bonds. The molecule has 0 aliphatic heterocycles. The van der Waals surface area contributed by atoms with Gasteiger partial charge in [0.25, 0.3) is 0 Å². The highest BCUT2D eigenvalue weighted by Gasteiger charge is 2.05. The number of nitrogens with zero attached hydrogens (tertiary/aromatic N) is 3. The number of aromatic amines is 1. The van der Waals surface area contributed by atoms with Crippen LogP contribution in [0.15, 0.2) is 24.4 Å². The van der Waals surface area contributed by atoms with Crippen molar-refractivity contribution in [1.82, 2.24) is 19.9 Å². The quantitative estimate of drug-likeness (QED) is 0.517. The van der Waals surface area contributed by atoms with E-state index in [1.807, 2.05) is 18.2 Å². The lowest BCUT2D eigenvalue weighted by molar-refractivity contribution is 0.977. The lowest BCUT2D eigenvalue weighted by atomic mass is 10.3. The van der Waals surface area contributed by atoms with E-state index in [0.717, 1.165) is 0 Å². The third-order valence-electron chi connectivity index (χ3n) is 1.60. The van der Waals surface area contributed by atoms with Crippen molar-refractivity contribution in [2.45, 2.75) is 0 Å². The number of hydrogen-bond acceptors (Lipinski definition) is 4. The standard InChI is InChI=1S/C7H7N5S/c8-12-6(10-11-7(12)13)5-3-1-2-4-9-5/h1-4H,8H2,(H,11,13). The van der Waals surface area contributed by atoms with E-state index in [9.17, 15) is 0 Å². The minimum atomic E-state index is 0.376. The molecule has 0 unspecified atom stereocenters. The fraction of sp³-hybridized carbons (Fsp3) is 0. The summed E-state index contributed by atoms with van der Waals surface area (Å²) < 4.78 is 1.66. The number of rotatable bonds is 1. The van der Waals surface area contributed by atoms with Gasteiger partial charge < -0.3 is 5.84 Å². The van der Waals surface area contributed by atoms with E-state index in [2.05, 4.69) is 15.2 Å². The first-order valence-electron chi connectivity index (χ1n) is 3.63. The normalized spacial score (nSPS) is 10.2. The Morgan fingerprint density at radius 1 is 1.46 bits per heavy atom. The first kappa shape index (κ1) is 7.93. The summed E-state index contributed by atoms with van der Waals surface area (Å²) in [4.78, 5) is 4.09. The van der Waals surface area contributed by atoms with Gasteiger partial charge in [0.15, 0.2) is 5.82 Å². The summed E-state index contributed by atoms with van der Waals surface area (Å²) in [5.41, 5.74) is 0.692. The second-order valence-electron chi connectivity index (χ2n) is 2.44. The molecule has 3 N–H and O–H groups in total. The van der Waals surface area contributed by atoms with Gasteiger partial charge >= 0.3 is 0 Å². The molecule has 0 aliphatic rings. The highest BCUT2D eigenvalue weighted by Crippen LogP contribution is 2.10. The minimum Gasteiger partial charge on any atom is -0.335 e. The fourth-order valence-electron chi connectivity index (χ4n) is 0.980. The van der Waals surface area contributed by atoms with Crippen LogP contribution in [-0.2, 0) is 0 Å². The second kappa shape index (κ2) is 2.98. The summed E-state index contributed by atoms with van der Waals surface area (Å²) in [5.74, 6) is 6.15. The lowest BCUT2D eigenvalue weighted by Gasteiger charge is -1.97. The van der Waals surface area contributed by atoms with E-state index in [0.29, 0.717) is 16.3 Å². The Morgan fingerprint density at radius 3 is 2.85 bits per heavy atom. The molecule has 2 aromatic rings. The van der Waals surface area contributed by atoms with Crippen molar-refractivity contribution < 1.29 is 0 Å². The molecule has 5 nitrogen and oxygen atoms in total. The van der Waals surface area contributed by atoms with Crippen LogP contribution in [0.2, 0.25) is 0 Å². The van der Waals surface area contributed by atoms with Crippen LogP contribution in [-0.4, -0.2) is 19.9 Å². The molecule has 0 saturated heterocycles. The number of H-pyrrole nitrogens is 1. The van der Waals surface area contributed by atoms with Gasteiger partial charge in [0.05, 0.1) is 0 Å². The lowest BCUT2D eigenvalue weighted by Crippen LogP contribution is -2.10. The van der Waals surface area contributed by atoms with Gasteiger partial charge in [-0.2, -0.15) is 5.10 Å². The van der Waals surface area contributed by atoms with E-state index in [1.54, 1.807) is 6.20 Å². The largest absolute Gasteiger partial charge is 0.335 e. The van der Waals surface area contributed by atoms with Crippen molar-refractivity contribution in [3.8, 4) is 11.5 Å². The molecule has 66 valence electrons. The highest BCUT2D eigenvalue weighted by atomic mass is 32.1. The predicted octanol–water partition coefficient (Wildman–Crippen LogP) is 0.716. The smallest absolute Gasteiger partial charge is 0.214 e. The molecule has 0 bridgehead atoms. The molecule has 0 fully saturated rings. The molecular weight excluding hydrogens is 186 g/mol. The van der Waals surface area contributed by atoms with Crippen molar-refractivity contribution >= 4 is 12.2 Å². The number of nitrogen functional groups attached to an aromatic ring is 1.